The van der Waals surface area contributed by atoms with Crippen LogP contribution in [0.1, 0.15) is 30.9 Å². The van der Waals surface area contributed by atoms with E-state index in [1.54, 1.807) is 12.1 Å². The third kappa shape index (κ3) is 6.55. The minimum Gasteiger partial charge on any atom is -0.359 e. The molecule has 1 aromatic heterocycles. The van der Waals surface area contributed by atoms with Crippen LogP contribution >= 0.6 is 24.0 Å². The van der Waals surface area contributed by atoms with Gasteiger partial charge in [0.2, 0.25) is 0 Å². The van der Waals surface area contributed by atoms with Crippen molar-refractivity contribution in [2.75, 3.05) is 6.54 Å². The van der Waals surface area contributed by atoms with Crippen LogP contribution in [0.3, 0.4) is 0 Å². The van der Waals surface area contributed by atoms with E-state index in [1.807, 2.05) is 19.9 Å². The molecule has 23 heavy (non-hydrogen) atoms. The van der Waals surface area contributed by atoms with Crippen LogP contribution in [0.4, 0.5) is 4.39 Å². The van der Waals surface area contributed by atoms with Crippen molar-refractivity contribution in [1.29, 1.82) is 0 Å². The average Bonchev–Trinajstić information content (AvgIpc) is 3.00. The van der Waals surface area contributed by atoms with E-state index in [-0.39, 0.29) is 29.8 Å². The van der Waals surface area contributed by atoms with Gasteiger partial charge in [-0.2, -0.15) is 0 Å². The number of hydrogen-bond acceptors (Lipinski definition) is 3. The summed E-state index contributed by atoms with van der Waals surface area (Å²) in [5.74, 6) is 1.21. The molecule has 2 rings (SSSR count). The van der Waals surface area contributed by atoms with Crippen LogP contribution in [-0.2, 0) is 19.5 Å². The SMILES string of the molecule is CCNC(=NCc1ccc(F)cc1)NCc1cc(CC)no1.I. The van der Waals surface area contributed by atoms with Gasteiger partial charge < -0.3 is 15.2 Å². The highest BCUT2D eigenvalue weighted by molar-refractivity contribution is 14.0. The Bertz CT molecular complexity index is 613. The Labute approximate surface area is 152 Å². The molecule has 1 heterocycles. The van der Waals surface area contributed by atoms with Crippen molar-refractivity contribution >= 4 is 29.9 Å². The summed E-state index contributed by atoms with van der Waals surface area (Å²) in [6, 6.07) is 8.26. The molecular weight excluding hydrogens is 410 g/mol. The van der Waals surface area contributed by atoms with Crippen LogP contribution in [0.2, 0.25) is 0 Å². The highest BCUT2D eigenvalue weighted by Gasteiger charge is 2.04. The topological polar surface area (TPSA) is 62.5 Å². The van der Waals surface area contributed by atoms with E-state index < -0.39 is 0 Å². The van der Waals surface area contributed by atoms with E-state index in [0.717, 1.165) is 30.0 Å². The Balaban J connectivity index is 0.00000264. The number of aromatic nitrogens is 1. The highest BCUT2D eigenvalue weighted by Crippen LogP contribution is 2.05. The van der Waals surface area contributed by atoms with Crippen LogP contribution in [0, 0.1) is 5.82 Å². The molecule has 0 amide bonds. The molecule has 0 aliphatic heterocycles. The van der Waals surface area contributed by atoms with Gasteiger partial charge in [-0.25, -0.2) is 9.38 Å². The van der Waals surface area contributed by atoms with Gasteiger partial charge in [0.15, 0.2) is 11.7 Å². The molecule has 0 bridgehead atoms. The number of halogens is 2. The number of hydrogen-bond donors (Lipinski definition) is 2. The molecular formula is C16H22FIN4O. The second kappa shape index (κ2) is 10.2. The third-order valence-corrected chi connectivity index (χ3v) is 3.08. The van der Waals surface area contributed by atoms with E-state index >= 15 is 0 Å². The Hall–Kier alpha value is -1.64. The lowest BCUT2D eigenvalue weighted by Crippen LogP contribution is -2.36. The number of aliphatic imine (C=N–C) groups is 1. The van der Waals surface area contributed by atoms with Crippen molar-refractivity contribution in [3.63, 3.8) is 0 Å². The fraction of sp³-hybridized carbons (Fsp3) is 0.375. The van der Waals surface area contributed by atoms with Crippen molar-refractivity contribution in [3.8, 4) is 0 Å². The molecule has 0 fully saturated rings. The first kappa shape index (κ1) is 19.4. The minimum atomic E-state index is -0.241. The molecule has 0 radical (unpaired) electrons. The molecule has 5 nitrogen and oxygen atoms in total. The van der Waals surface area contributed by atoms with Gasteiger partial charge in [0.05, 0.1) is 18.8 Å². The standard InChI is InChI=1S/C16H21FN4O.HI/c1-3-14-9-15(22-21-14)11-20-16(18-4-2)19-10-12-5-7-13(17)8-6-12;/h5-9H,3-4,10-11H2,1-2H3,(H2,18,19,20);1H. The molecule has 7 heteroatoms. The fourth-order valence-corrected chi connectivity index (χ4v) is 1.88. The number of rotatable bonds is 6. The third-order valence-electron chi connectivity index (χ3n) is 3.08. The Morgan fingerprint density at radius 1 is 1.22 bits per heavy atom. The van der Waals surface area contributed by atoms with Crippen LogP contribution in [0.15, 0.2) is 39.8 Å². The molecule has 0 saturated heterocycles. The summed E-state index contributed by atoms with van der Waals surface area (Å²) in [7, 11) is 0. The number of nitrogens with zero attached hydrogens (tertiary/aromatic N) is 2. The van der Waals surface area contributed by atoms with E-state index in [0.29, 0.717) is 19.0 Å². The first-order valence-electron chi connectivity index (χ1n) is 7.42. The zero-order valence-electron chi connectivity index (χ0n) is 13.3. The summed E-state index contributed by atoms with van der Waals surface area (Å²) < 4.78 is 18.1. The zero-order chi connectivity index (χ0) is 15.8. The summed E-state index contributed by atoms with van der Waals surface area (Å²) in [4.78, 5) is 4.47. The van der Waals surface area contributed by atoms with Crippen molar-refractivity contribution in [2.45, 2.75) is 33.4 Å². The molecule has 0 aliphatic rings. The van der Waals surface area contributed by atoms with E-state index in [4.69, 9.17) is 4.52 Å². The second-order valence-electron chi connectivity index (χ2n) is 4.81. The summed E-state index contributed by atoms with van der Waals surface area (Å²) in [5.41, 5.74) is 1.89. The van der Waals surface area contributed by atoms with Crippen molar-refractivity contribution in [2.24, 2.45) is 4.99 Å². The van der Waals surface area contributed by atoms with Crippen molar-refractivity contribution < 1.29 is 8.91 Å². The first-order valence-corrected chi connectivity index (χ1v) is 7.42. The normalized spacial score (nSPS) is 11.0. The van der Waals surface area contributed by atoms with Gasteiger partial charge in [0.25, 0.3) is 0 Å². The number of aryl methyl sites for hydroxylation is 1. The van der Waals surface area contributed by atoms with Gasteiger partial charge in [-0.05, 0) is 31.0 Å². The van der Waals surface area contributed by atoms with Gasteiger partial charge >= 0.3 is 0 Å². The predicted molar refractivity (Wildman–Crippen MR) is 99.4 cm³/mol. The summed E-state index contributed by atoms with van der Waals surface area (Å²) in [6.45, 7) is 5.78. The molecule has 0 saturated carbocycles. The van der Waals surface area contributed by atoms with Crippen LogP contribution < -0.4 is 10.6 Å². The largest absolute Gasteiger partial charge is 0.359 e. The summed E-state index contributed by atoms with van der Waals surface area (Å²) in [5, 5.41) is 10.3. The zero-order valence-corrected chi connectivity index (χ0v) is 15.6. The molecule has 0 unspecified atom stereocenters. The van der Waals surface area contributed by atoms with Gasteiger partial charge in [-0.3, -0.25) is 0 Å². The van der Waals surface area contributed by atoms with Crippen LogP contribution in [-0.4, -0.2) is 17.7 Å². The van der Waals surface area contributed by atoms with Gasteiger partial charge in [0.1, 0.15) is 5.82 Å². The summed E-state index contributed by atoms with van der Waals surface area (Å²) in [6.07, 6.45) is 0.849. The molecule has 0 aliphatic carbocycles. The van der Waals surface area contributed by atoms with Crippen molar-refractivity contribution in [3.05, 3.63) is 53.2 Å². The Morgan fingerprint density at radius 2 is 1.96 bits per heavy atom. The van der Waals surface area contributed by atoms with E-state index in [9.17, 15) is 4.39 Å². The summed E-state index contributed by atoms with van der Waals surface area (Å²) >= 11 is 0. The smallest absolute Gasteiger partial charge is 0.191 e. The van der Waals surface area contributed by atoms with Gasteiger partial charge in [0, 0.05) is 12.6 Å². The molecule has 0 atom stereocenters. The molecule has 1 aromatic carbocycles. The maximum atomic E-state index is 12.9. The predicted octanol–water partition coefficient (Wildman–Crippen LogP) is 3.25. The number of nitrogens with one attached hydrogen (secondary N) is 2. The Morgan fingerprint density at radius 3 is 2.57 bits per heavy atom. The van der Waals surface area contributed by atoms with Gasteiger partial charge in [-0.1, -0.05) is 24.2 Å². The monoisotopic (exact) mass is 432 g/mol. The first-order chi connectivity index (χ1) is 10.7. The quantitative estimate of drug-likeness (QED) is 0.418. The molecule has 2 N–H and O–H groups in total. The molecule has 2 aromatic rings. The molecule has 0 spiro atoms. The lowest BCUT2D eigenvalue weighted by molar-refractivity contribution is 0.374. The van der Waals surface area contributed by atoms with Crippen LogP contribution in [0.25, 0.3) is 0 Å². The Kier molecular flexibility index (Phi) is 8.60. The van der Waals surface area contributed by atoms with E-state index in [1.165, 1.54) is 12.1 Å². The highest BCUT2D eigenvalue weighted by atomic mass is 127. The van der Waals surface area contributed by atoms with Crippen LogP contribution in [0.5, 0.6) is 0 Å². The number of guanidine groups is 1. The van der Waals surface area contributed by atoms with Crippen molar-refractivity contribution in [1.82, 2.24) is 15.8 Å². The minimum absolute atomic E-state index is 0. The molecule has 126 valence electrons. The maximum absolute atomic E-state index is 12.9. The van der Waals surface area contributed by atoms with E-state index in [2.05, 4.69) is 20.8 Å². The maximum Gasteiger partial charge on any atom is 0.191 e. The van der Waals surface area contributed by atoms with Gasteiger partial charge in [-0.15, -0.1) is 24.0 Å². The average molecular weight is 432 g/mol. The fourth-order valence-electron chi connectivity index (χ4n) is 1.88. The second-order valence-corrected chi connectivity index (χ2v) is 4.81. The number of benzene rings is 1. The lowest BCUT2D eigenvalue weighted by Gasteiger charge is -2.09. The lowest BCUT2D eigenvalue weighted by atomic mass is 10.2.